The summed E-state index contributed by atoms with van der Waals surface area (Å²) < 4.78 is 17.6. The fourth-order valence-corrected chi connectivity index (χ4v) is 2.47. The van der Waals surface area contributed by atoms with Gasteiger partial charge in [0.05, 0.1) is 17.9 Å². The summed E-state index contributed by atoms with van der Waals surface area (Å²) in [4.78, 5) is 35.0. The Morgan fingerprint density at radius 3 is 2.38 bits per heavy atom. The lowest BCUT2D eigenvalue weighted by molar-refractivity contribution is -0.127. The Hall–Kier alpha value is -2.88. The second kappa shape index (κ2) is 9.56. The van der Waals surface area contributed by atoms with Crippen molar-refractivity contribution in [2.24, 2.45) is 0 Å². The quantitative estimate of drug-likeness (QED) is 0.622. The number of benzene rings is 1. The molecule has 0 unspecified atom stereocenters. The minimum atomic E-state index is -0.451. The molecule has 3 amide bonds. The highest BCUT2D eigenvalue weighted by molar-refractivity contribution is 8.00. The molecule has 0 saturated carbocycles. The molecule has 0 bridgehead atoms. The summed E-state index contributed by atoms with van der Waals surface area (Å²) in [5.41, 5.74) is 5.12. The lowest BCUT2D eigenvalue weighted by atomic mass is 10.1. The topological polar surface area (TPSA) is 113 Å². The zero-order valence-corrected chi connectivity index (χ0v) is 14.7. The van der Waals surface area contributed by atoms with Crippen molar-refractivity contribution in [3.05, 3.63) is 47.5 Å². The van der Waals surface area contributed by atoms with E-state index in [-0.39, 0.29) is 29.7 Å². The number of aryl methyl sites for hydroxylation is 1. The van der Waals surface area contributed by atoms with E-state index in [0.29, 0.717) is 17.1 Å². The smallest absolute Gasteiger partial charge is 0.248 e. The van der Waals surface area contributed by atoms with Gasteiger partial charge in [0.25, 0.3) is 0 Å². The van der Waals surface area contributed by atoms with Crippen molar-refractivity contribution in [1.29, 1.82) is 0 Å². The van der Waals surface area contributed by atoms with E-state index in [4.69, 9.17) is 4.52 Å². The number of hydrazine groups is 1. The van der Waals surface area contributed by atoms with Crippen molar-refractivity contribution < 1.29 is 23.3 Å². The number of halogens is 1. The Morgan fingerprint density at radius 2 is 1.73 bits per heavy atom. The third kappa shape index (κ3) is 6.93. The molecule has 0 radical (unpaired) electrons. The summed E-state index contributed by atoms with van der Waals surface area (Å²) >= 11 is 1.08. The Morgan fingerprint density at radius 1 is 1.08 bits per heavy atom. The predicted octanol–water partition coefficient (Wildman–Crippen LogP) is 1.18. The number of nitrogens with zero attached hydrogens (tertiary/aromatic N) is 1. The number of nitrogens with one attached hydrogen (secondary N) is 3. The predicted molar refractivity (Wildman–Crippen MR) is 93.6 cm³/mol. The highest BCUT2D eigenvalue weighted by atomic mass is 32.2. The van der Waals surface area contributed by atoms with Gasteiger partial charge >= 0.3 is 0 Å². The van der Waals surface area contributed by atoms with Crippen LogP contribution in [-0.4, -0.2) is 34.4 Å². The average Bonchev–Trinajstić information content (AvgIpc) is 3.00. The Balaban J connectivity index is 1.60. The first kappa shape index (κ1) is 19.4. The summed E-state index contributed by atoms with van der Waals surface area (Å²) in [6.45, 7) is 1.70. The molecular weight excluding hydrogens is 363 g/mol. The van der Waals surface area contributed by atoms with Gasteiger partial charge in [0.2, 0.25) is 17.7 Å². The SMILES string of the molecule is Cc1cc(NC(=O)CSCC(=O)NNC(=O)Cc2ccc(F)cc2)no1. The lowest BCUT2D eigenvalue weighted by Crippen LogP contribution is -2.43. The van der Waals surface area contributed by atoms with Gasteiger partial charge in [0.15, 0.2) is 5.82 Å². The maximum absolute atomic E-state index is 12.8. The number of rotatable bonds is 7. The fraction of sp³-hybridized carbons (Fsp3) is 0.250. The van der Waals surface area contributed by atoms with Crippen molar-refractivity contribution in [3.8, 4) is 0 Å². The van der Waals surface area contributed by atoms with Crippen molar-refractivity contribution in [3.63, 3.8) is 0 Å². The van der Waals surface area contributed by atoms with E-state index in [1.54, 1.807) is 13.0 Å². The second-order valence-corrected chi connectivity index (χ2v) is 6.25. The Labute approximate surface area is 152 Å². The van der Waals surface area contributed by atoms with E-state index < -0.39 is 11.8 Å². The van der Waals surface area contributed by atoms with Crippen LogP contribution in [0.5, 0.6) is 0 Å². The third-order valence-electron chi connectivity index (χ3n) is 2.98. The average molecular weight is 380 g/mol. The van der Waals surface area contributed by atoms with E-state index in [2.05, 4.69) is 21.3 Å². The van der Waals surface area contributed by atoms with E-state index in [9.17, 15) is 18.8 Å². The van der Waals surface area contributed by atoms with E-state index in [1.165, 1.54) is 24.3 Å². The number of hydrogen-bond acceptors (Lipinski definition) is 6. The number of carbonyl (C=O) groups excluding carboxylic acids is 3. The first-order chi connectivity index (χ1) is 12.4. The van der Waals surface area contributed by atoms with Gasteiger partial charge in [-0.2, -0.15) is 0 Å². The van der Waals surface area contributed by atoms with Crippen molar-refractivity contribution in [1.82, 2.24) is 16.0 Å². The maximum atomic E-state index is 12.8. The standard InChI is InChI=1S/C16H17FN4O4S/c1-10-6-13(21-25-10)18-15(23)8-26-9-16(24)20-19-14(22)7-11-2-4-12(17)5-3-11/h2-6H,7-9H2,1H3,(H,19,22)(H,20,24)(H,18,21,23). The zero-order valence-electron chi connectivity index (χ0n) is 13.9. The van der Waals surface area contributed by atoms with Crippen LogP contribution in [0.4, 0.5) is 10.2 Å². The number of anilines is 1. The molecule has 0 atom stereocenters. The normalized spacial score (nSPS) is 10.2. The van der Waals surface area contributed by atoms with Crippen LogP contribution in [0.1, 0.15) is 11.3 Å². The molecule has 0 aliphatic heterocycles. The van der Waals surface area contributed by atoms with E-state index in [0.717, 1.165) is 11.8 Å². The highest BCUT2D eigenvalue weighted by Crippen LogP contribution is 2.08. The molecule has 1 aromatic heterocycles. The largest absolute Gasteiger partial charge is 0.360 e. The van der Waals surface area contributed by atoms with Gasteiger partial charge in [-0.05, 0) is 24.6 Å². The summed E-state index contributed by atoms with van der Waals surface area (Å²) in [7, 11) is 0. The van der Waals surface area contributed by atoms with Gasteiger partial charge < -0.3 is 9.84 Å². The van der Waals surface area contributed by atoms with Gasteiger partial charge in [-0.25, -0.2) is 4.39 Å². The van der Waals surface area contributed by atoms with Crippen LogP contribution in [0.15, 0.2) is 34.9 Å². The molecule has 2 rings (SSSR count). The summed E-state index contributed by atoms with van der Waals surface area (Å²) in [5.74, 6) is -0.681. The number of hydrogen-bond donors (Lipinski definition) is 3. The summed E-state index contributed by atoms with van der Waals surface area (Å²) in [6, 6.07) is 7.06. The first-order valence-electron chi connectivity index (χ1n) is 7.55. The summed E-state index contributed by atoms with van der Waals surface area (Å²) in [5, 5.41) is 6.15. The minimum absolute atomic E-state index is 0.00717. The van der Waals surface area contributed by atoms with E-state index >= 15 is 0 Å². The molecule has 10 heteroatoms. The van der Waals surface area contributed by atoms with Crippen LogP contribution in [0.2, 0.25) is 0 Å². The number of amides is 3. The minimum Gasteiger partial charge on any atom is -0.360 e. The van der Waals surface area contributed by atoms with Gasteiger partial charge in [-0.15, -0.1) is 11.8 Å². The van der Waals surface area contributed by atoms with E-state index in [1.807, 2.05) is 0 Å². The molecule has 0 spiro atoms. The fourth-order valence-electron chi connectivity index (χ4n) is 1.85. The number of thioether (sulfide) groups is 1. The molecule has 2 aromatic rings. The van der Waals surface area contributed by atoms with Crippen LogP contribution in [0, 0.1) is 12.7 Å². The molecule has 8 nitrogen and oxygen atoms in total. The van der Waals surface area contributed by atoms with Gasteiger partial charge in [-0.1, -0.05) is 17.3 Å². The van der Waals surface area contributed by atoms with Crippen LogP contribution in [0.3, 0.4) is 0 Å². The monoisotopic (exact) mass is 380 g/mol. The maximum Gasteiger partial charge on any atom is 0.248 e. The molecule has 0 saturated heterocycles. The van der Waals surface area contributed by atoms with Gasteiger partial charge in [-0.3, -0.25) is 25.2 Å². The summed E-state index contributed by atoms with van der Waals surface area (Å²) in [6.07, 6.45) is 0.00717. The molecule has 138 valence electrons. The van der Waals surface area contributed by atoms with Gasteiger partial charge in [0.1, 0.15) is 11.6 Å². The number of aromatic nitrogens is 1. The molecule has 26 heavy (non-hydrogen) atoms. The molecule has 0 aliphatic rings. The van der Waals surface area contributed by atoms with Crippen LogP contribution >= 0.6 is 11.8 Å². The van der Waals surface area contributed by atoms with Crippen LogP contribution in [0.25, 0.3) is 0 Å². The Kier molecular flexibility index (Phi) is 7.15. The van der Waals surface area contributed by atoms with Crippen LogP contribution in [-0.2, 0) is 20.8 Å². The van der Waals surface area contributed by atoms with Crippen molar-refractivity contribution >= 4 is 35.3 Å². The molecule has 0 aliphatic carbocycles. The molecule has 0 fully saturated rings. The molecule has 1 heterocycles. The van der Waals surface area contributed by atoms with Crippen molar-refractivity contribution in [2.75, 3.05) is 16.8 Å². The first-order valence-corrected chi connectivity index (χ1v) is 8.71. The lowest BCUT2D eigenvalue weighted by Gasteiger charge is -2.07. The van der Waals surface area contributed by atoms with Crippen LogP contribution < -0.4 is 16.2 Å². The molecular formula is C16H17FN4O4S. The van der Waals surface area contributed by atoms with Crippen molar-refractivity contribution in [2.45, 2.75) is 13.3 Å². The van der Waals surface area contributed by atoms with Gasteiger partial charge in [0, 0.05) is 6.07 Å². The zero-order chi connectivity index (χ0) is 18.9. The second-order valence-electron chi connectivity index (χ2n) is 5.26. The Bertz CT molecular complexity index is 779. The number of carbonyl (C=O) groups is 3. The molecule has 1 aromatic carbocycles. The third-order valence-corrected chi connectivity index (χ3v) is 3.91. The molecule has 3 N–H and O–H groups in total. The highest BCUT2D eigenvalue weighted by Gasteiger charge is 2.09.